The van der Waals surface area contributed by atoms with Gasteiger partial charge in [-0.2, -0.15) is 0 Å². The Bertz CT molecular complexity index is 347. The Morgan fingerprint density at radius 3 is 2.65 bits per heavy atom. The van der Waals surface area contributed by atoms with Crippen LogP contribution in [0.4, 0.5) is 0 Å². The summed E-state index contributed by atoms with van der Waals surface area (Å²) in [6.45, 7) is 6.80. The lowest BCUT2D eigenvalue weighted by molar-refractivity contribution is 0.133. The van der Waals surface area contributed by atoms with Crippen LogP contribution < -0.4 is 5.32 Å². The molecule has 0 spiro atoms. The summed E-state index contributed by atoms with van der Waals surface area (Å²) in [7, 11) is 0. The van der Waals surface area contributed by atoms with Crippen LogP contribution in [0.15, 0.2) is 24.3 Å². The predicted molar refractivity (Wildman–Crippen MR) is 70.8 cm³/mol. The van der Waals surface area contributed by atoms with Crippen molar-refractivity contribution in [2.24, 2.45) is 5.92 Å². The maximum absolute atomic E-state index is 5.50. The molecule has 2 nitrogen and oxygen atoms in total. The first-order valence-electron chi connectivity index (χ1n) is 6.69. The minimum atomic E-state index is 0.648. The van der Waals surface area contributed by atoms with E-state index in [0.717, 1.165) is 25.7 Å². The summed E-state index contributed by atoms with van der Waals surface area (Å²) in [5, 5.41) is 3.62. The number of hydrogen-bond acceptors (Lipinski definition) is 2. The van der Waals surface area contributed by atoms with Crippen molar-refractivity contribution in [3.63, 3.8) is 0 Å². The number of benzene rings is 1. The van der Waals surface area contributed by atoms with E-state index in [1.807, 2.05) is 6.92 Å². The molecule has 0 aliphatic heterocycles. The Morgan fingerprint density at radius 1 is 1.29 bits per heavy atom. The van der Waals surface area contributed by atoms with Gasteiger partial charge in [-0.25, -0.2) is 0 Å². The minimum absolute atomic E-state index is 0.648. The van der Waals surface area contributed by atoms with Crippen LogP contribution in [0, 0.1) is 5.92 Å². The van der Waals surface area contributed by atoms with Gasteiger partial charge in [0.2, 0.25) is 0 Å². The van der Waals surface area contributed by atoms with E-state index in [4.69, 9.17) is 4.74 Å². The smallest absolute Gasteiger partial charge is 0.0719 e. The van der Waals surface area contributed by atoms with Crippen LogP contribution in [-0.2, 0) is 17.9 Å². The second-order valence-electron chi connectivity index (χ2n) is 4.91. The fraction of sp³-hybridized carbons (Fsp3) is 0.600. The lowest BCUT2D eigenvalue weighted by atomic mass is 10.1. The highest BCUT2D eigenvalue weighted by molar-refractivity contribution is 5.26. The lowest BCUT2D eigenvalue weighted by Crippen LogP contribution is -2.27. The third-order valence-corrected chi connectivity index (χ3v) is 3.52. The van der Waals surface area contributed by atoms with Gasteiger partial charge in [0.1, 0.15) is 0 Å². The standard InChI is InChI=1S/C15H23NO/c1-3-17-11-15-7-5-4-6-14(15)10-16-12(2)13-8-9-13/h4-7,12-13,16H,3,8-11H2,1-2H3. The van der Waals surface area contributed by atoms with Crippen LogP contribution >= 0.6 is 0 Å². The van der Waals surface area contributed by atoms with Crippen molar-refractivity contribution in [2.75, 3.05) is 6.61 Å². The second kappa shape index (κ2) is 6.18. The van der Waals surface area contributed by atoms with Crippen molar-refractivity contribution in [1.82, 2.24) is 5.32 Å². The molecule has 1 aliphatic rings. The summed E-state index contributed by atoms with van der Waals surface area (Å²) in [5.41, 5.74) is 2.68. The molecule has 17 heavy (non-hydrogen) atoms. The molecule has 0 bridgehead atoms. The topological polar surface area (TPSA) is 21.3 Å². The second-order valence-corrected chi connectivity index (χ2v) is 4.91. The highest BCUT2D eigenvalue weighted by Gasteiger charge is 2.27. The van der Waals surface area contributed by atoms with E-state index in [0.29, 0.717) is 6.04 Å². The van der Waals surface area contributed by atoms with Gasteiger partial charge < -0.3 is 10.1 Å². The van der Waals surface area contributed by atoms with E-state index in [-0.39, 0.29) is 0 Å². The van der Waals surface area contributed by atoms with E-state index in [1.165, 1.54) is 24.0 Å². The van der Waals surface area contributed by atoms with Gasteiger partial charge in [0, 0.05) is 19.2 Å². The molecule has 1 unspecified atom stereocenters. The van der Waals surface area contributed by atoms with E-state index in [9.17, 15) is 0 Å². The molecule has 0 radical (unpaired) electrons. The molecule has 1 saturated carbocycles. The molecule has 2 heteroatoms. The highest BCUT2D eigenvalue weighted by Crippen LogP contribution is 2.32. The maximum atomic E-state index is 5.50. The molecule has 0 saturated heterocycles. The summed E-state index contributed by atoms with van der Waals surface area (Å²) in [4.78, 5) is 0. The highest BCUT2D eigenvalue weighted by atomic mass is 16.5. The minimum Gasteiger partial charge on any atom is -0.377 e. The van der Waals surface area contributed by atoms with Gasteiger partial charge in [-0.1, -0.05) is 24.3 Å². The molecule has 1 aromatic rings. The Hall–Kier alpha value is -0.860. The maximum Gasteiger partial charge on any atom is 0.0719 e. The van der Waals surface area contributed by atoms with Crippen LogP contribution in [0.3, 0.4) is 0 Å². The third-order valence-electron chi connectivity index (χ3n) is 3.52. The Kier molecular flexibility index (Phi) is 4.57. The molecular weight excluding hydrogens is 210 g/mol. The van der Waals surface area contributed by atoms with E-state index in [2.05, 4.69) is 36.5 Å². The van der Waals surface area contributed by atoms with Gasteiger partial charge >= 0.3 is 0 Å². The van der Waals surface area contributed by atoms with Gasteiger partial charge in [0.25, 0.3) is 0 Å². The average Bonchev–Trinajstić information content (AvgIpc) is 3.18. The molecule has 1 aromatic carbocycles. The molecule has 94 valence electrons. The number of rotatable bonds is 7. The van der Waals surface area contributed by atoms with Gasteiger partial charge in [0.05, 0.1) is 6.61 Å². The van der Waals surface area contributed by atoms with Crippen molar-refractivity contribution in [2.45, 2.75) is 45.9 Å². The van der Waals surface area contributed by atoms with E-state index >= 15 is 0 Å². The first-order valence-corrected chi connectivity index (χ1v) is 6.69. The lowest BCUT2D eigenvalue weighted by Gasteiger charge is -2.15. The van der Waals surface area contributed by atoms with E-state index < -0.39 is 0 Å². The van der Waals surface area contributed by atoms with Crippen molar-refractivity contribution in [1.29, 1.82) is 0 Å². The zero-order valence-corrected chi connectivity index (χ0v) is 10.9. The zero-order valence-electron chi connectivity index (χ0n) is 10.9. The molecule has 0 amide bonds. The normalized spacial score (nSPS) is 17.1. The molecule has 1 fully saturated rings. The molecule has 1 N–H and O–H groups in total. The summed E-state index contributed by atoms with van der Waals surface area (Å²) < 4.78 is 5.50. The Labute approximate surface area is 104 Å². The number of ether oxygens (including phenoxy) is 1. The van der Waals surface area contributed by atoms with Crippen LogP contribution in [0.5, 0.6) is 0 Å². The summed E-state index contributed by atoms with van der Waals surface area (Å²) in [5.74, 6) is 0.911. The van der Waals surface area contributed by atoms with Crippen molar-refractivity contribution in [3.8, 4) is 0 Å². The summed E-state index contributed by atoms with van der Waals surface area (Å²) in [6.07, 6.45) is 2.80. The Morgan fingerprint density at radius 2 is 2.00 bits per heavy atom. The molecule has 1 atom stereocenters. The average molecular weight is 233 g/mol. The van der Waals surface area contributed by atoms with Crippen LogP contribution in [0.2, 0.25) is 0 Å². The largest absolute Gasteiger partial charge is 0.377 e. The quantitative estimate of drug-likeness (QED) is 0.781. The third kappa shape index (κ3) is 3.83. The first kappa shape index (κ1) is 12.6. The SMILES string of the molecule is CCOCc1ccccc1CNC(C)C1CC1. The van der Waals surface area contributed by atoms with Gasteiger partial charge in [-0.3, -0.25) is 0 Å². The fourth-order valence-electron chi connectivity index (χ4n) is 2.12. The molecule has 0 aromatic heterocycles. The molecule has 2 rings (SSSR count). The number of nitrogens with one attached hydrogen (secondary N) is 1. The zero-order chi connectivity index (χ0) is 12.1. The Balaban J connectivity index is 1.89. The first-order chi connectivity index (χ1) is 8.31. The van der Waals surface area contributed by atoms with Gasteiger partial charge in [-0.15, -0.1) is 0 Å². The van der Waals surface area contributed by atoms with Crippen LogP contribution in [0.25, 0.3) is 0 Å². The fourth-order valence-corrected chi connectivity index (χ4v) is 2.12. The molecule has 0 heterocycles. The van der Waals surface area contributed by atoms with Crippen LogP contribution in [0.1, 0.15) is 37.8 Å². The van der Waals surface area contributed by atoms with Crippen molar-refractivity contribution >= 4 is 0 Å². The van der Waals surface area contributed by atoms with Gasteiger partial charge in [0.15, 0.2) is 0 Å². The monoisotopic (exact) mass is 233 g/mol. The summed E-state index contributed by atoms with van der Waals surface area (Å²) >= 11 is 0. The molecule has 1 aliphatic carbocycles. The summed E-state index contributed by atoms with van der Waals surface area (Å²) in [6, 6.07) is 9.20. The van der Waals surface area contributed by atoms with Crippen LogP contribution in [-0.4, -0.2) is 12.6 Å². The van der Waals surface area contributed by atoms with Crippen molar-refractivity contribution in [3.05, 3.63) is 35.4 Å². The van der Waals surface area contributed by atoms with Crippen molar-refractivity contribution < 1.29 is 4.74 Å². The van der Waals surface area contributed by atoms with E-state index in [1.54, 1.807) is 0 Å². The molecular formula is C15H23NO. The predicted octanol–water partition coefficient (Wildman–Crippen LogP) is 3.11. The number of hydrogen-bond donors (Lipinski definition) is 1. The van der Waals surface area contributed by atoms with Gasteiger partial charge in [-0.05, 0) is 43.7 Å².